The van der Waals surface area contributed by atoms with Crippen LogP contribution >= 0.6 is 11.6 Å². The molecule has 1 unspecified atom stereocenters. The average Bonchev–Trinajstić information content (AvgIpc) is 2.70. The number of halogens is 1. The van der Waals surface area contributed by atoms with Crippen molar-refractivity contribution < 1.29 is 14.3 Å². The number of hydrogen-bond acceptors (Lipinski definition) is 3. The average molecular weight is 265 g/mol. The van der Waals surface area contributed by atoms with Crippen LogP contribution < -0.4 is 10.2 Å². The summed E-state index contributed by atoms with van der Waals surface area (Å²) in [5, 5.41) is 0.622. The summed E-state index contributed by atoms with van der Waals surface area (Å²) in [7, 11) is 1.99. The van der Waals surface area contributed by atoms with Crippen molar-refractivity contribution in [3.05, 3.63) is 34.9 Å². The molecule has 1 aliphatic rings. The molecule has 1 aliphatic heterocycles. The molecule has 1 atom stereocenters. The number of ether oxygens (including phenoxy) is 2. The van der Waals surface area contributed by atoms with Crippen LogP contribution in [0.2, 0.25) is 5.02 Å². The first-order valence-electron chi connectivity index (χ1n) is 5.90. The minimum absolute atomic E-state index is 0.149. The van der Waals surface area contributed by atoms with Crippen LogP contribution in [0.5, 0.6) is 5.75 Å². The highest BCUT2D eigenvalue weighted by Gasteiger charge is 2.23. The molecule has 0 N–H and O–H groups in total. The van der Waals surface area contributed by atoms with E-state index in [1.165, 1.54) is 6.08 Å². The molecule has 0 spiro atoms. The molecule has 0 saturated carbocycles. The zero-order valence-electron chi connectivity index (χ0n) is 10.4. The molecule has 0 aromatic heterocycles. The van der Waals surface area contributed by atoms with Crippen molar-refractivity contribution in [2.45, 2.75) is 19.4 Å². The highest BCUT2D eigenvalue weighted by atomic mass is 35.5. The van der Waals surface area contributed by atoms with Gasteiger partial charge in [0.25, 0.3) is 0 Å². The standard InChI is InChI=1S/C13H14BClO3/c1-2-17-12(16)4-3-10-6-8-5-9(14)7-11(15)13(8)18-10/h3-5,7,10H,2,6,14H2,1H3/b4-3+. The van der Waals surface area contributed by atoms with E-state index < -0.39 is 0 Å². The minimum atomic E-state index is -0.348. The maximum absolute atomic E-state index is 11.2. The third kappa shape index (κ3) is 2.88. The molecule has 0 saturated heterocycles. The van der Waals surface area contributed by atoms with Gasteiger partial charge in [-0.25, -0.2) is 4.79 Å². The SMILES string of the molecule is Bc1cc(Cl)c2c(c1)CC(/C=C/C(=O)OCC)O2. The molecule has 1 aromatic carbocycles. The van der Waals surface area contributed by atoms with Crippen LogP contribution in [0.4, 0.5) is 0 Å². The van der Waals surface area contributed by atoms with Crippen LogP contribution in [-0.4, -0.2) is 26.5 Å². The van der Waals surface area contributed by atoms with Crippen LogP contribution in [-0.2, 0) is 16.0 Å². The number of fused-ring (bicyclic) bond motifs is 1. The summed E-state index contributed by atoms with van der Waals surface area (Å²) in [6, 6.07) is 3.93. The lowest BCUT2D eigenvalue weighted by Gasteiger charge is -2.06. The highest BCUT2D eigenvalue weighted by Crippen LogP contribution is 2.35. The minimum Gasteiger partial charge on any atom is -0.484 e. The van der Waals surface area contributed by atoms with E-state index in [4.69, 9.17) is 21.1 Å². The number of esters is 1. The van der Waals surface area contributed by atoms with Crippen LogP contribution in [0.25, 0.3) is 0 Å². The Bertz CT molecular complexity index is 499. The Morgan fingerprint density at radius 1 is 1.67 bits per heavy atom. The molecule has 3 nitrogen and oxygen atoms in total. The first-order valence-corrected chi connectivity index (χ1v) is 6.28. The molecule has 5 heteroatoms. The molecule has 1 heterocycles. The quantitative estimate of drug-likeness (QED) is 0.465. The third-order valence-corrected chi connectivity index (χ3v) is 2.97. The maximum atomic E-state index is 11.2. The Kier molecular flexibility index (Phi) is 3.97. The van der Waals surface area contributed by atoms with E-state index in [-0.39, 0.29) is 12.1 Å². The van der Waals surface area contributed by atoms with Gasteiger partial charge in [-0.1, -0.05) is 23.1 Å². The summed E-state index contributed by atoms with van der Waals surface area (Å²) in [5.74, 6) is 0.375. The summed E-state index contributed by atoms with van der Waals surface area (Å²) in [4.78, 5) is 11.2. The molecule has 18 heavy (non-hydrogen) atoms. The van der Waals surface area contributed by atoms with Crippen molar-refractivity contribution in [1.29, 1.82) is 0 Å². The van der Waals surface area contributed by atoms with Crippen LogP contribution in [0.1, 0.15) is 12.5 Å². The molecular formula is C13H14BClO3. The Morgan fingerprint density at radius 3 is 3.17 bits per heavy atom. The van der Waals surface area contributed by atoms with E-state index in [0.29, 0.717) is 11.6 Å². The Hall–Kier alpha value is -1.42. The van der Waals surface area contributed by atoms with Crippen molar-refractivity contribution in [3.8, 4) is 5.75 Å². The lowest BCUT2D eigenvalue weighted by Crippen LogP contribution is -2.10. The molecule has 0 amide bonds. The predicted octanol–water partition coefficient (Wildman–Crippen LogP) is 1.02. The van der Waals surface area contributed by atoms with Crippen molar-refractivity contribution in [2.24, 2.45) is 0 Å². The van der Waals surface area contributed by atoms with Crippen molar-refractivity contribution in [2.75, 3.05) is 6.61 Å². The topological polar surface area (TPSA) is 35.5 Å². The van der Waals surface area contributed by atoms with E-state index in [1.54, 1.807) is 13.0 Å². The molecule has 94 valence electrons. The summed E-state index contributed by atoms with van der Waals surface area (Å²) in [6.45, 7) is 2.15. The highest BCUT2D eigenvalue weighted by molar-refractivity contribution is 6.37. The Balaban J connectivity index is 2.06. The van der Waals surface area contributed by atoms with Gasteiger partial charge in [-0.3, -0.25) is 0 Å². The van der Waals surface area contributed by atoms with Gasteiger partial charge >= 0.3 is 5.97 Å². The summed E-state index contributed by atoms with van der Waals surface area (Å²) in [6.07, 6.45) is 3.70. The van der Waals surface area contributed by atoms with Gasteiger partial charge in [0.2, 0.25) is 0 Å². The lowest BCUT2D eigenvalue weighted by atomic mass is 9.93. The predicted molar refractivity (Wildman–Crippen MR) is 73.5 cm³/mol. The van der Waals surface area contributed by atoms with Gasteiger partial charge in [0, 0.05) is 12.5 Å². The van der Waals surface area contributed by atoms with Gasteiger partial charge < -0.3 is 9.47 Å². The number of carbonyl (C=O) groups excluding carboxylic acids is 1. The van der Waals surface area contributed by atoms with Gasteiger partial charge in [-0.2, -0.15) is 0 Å². The van der Waals surface area contributed by atoms with Crippen molar-refractivity contribution in [1.82, 2.24) is 0 Å². The van der Waals surface area contributed by atoms with E-state index in [2.05, 4.69) is 6.07 Å². The van der Waals surface area contributed by atoms with E-state index in [0.717, 1.165) is 23.2 Å². The van der Waals surface area contributed by atoms with Gasteiger partial charge in [-0.15, -0.1) is 0 Å². The van der Waals surface area contributed by atoms with E-state index in [1.807, 2.05) is 13.9 Å². The zero-order chi connectivity index (χ0) is 13.1. The van der Waals surface area contributed by atoms with E-state index >= 15 is 0 Å². The maximum Gasteiger partial charge on any atom is 0.330 e. The smallest absolute Gasteiger partial charge is 0.330 e. The Morgan fingerprint density at radius 2 is 2.44 bits per heavy atom. The fourth-order valence-corrected chi connectivity index (χ4v) is 2.32. The fraction of sp³-hybridized carbons (Fsp3) is 0.308. The van der Waals surface area contributed by atoms with Gasteiger partial charge in [0.05, 0.1) is 11.6 Å². The molecule has 1 aromatic rings. The molecular weight excluding hydrogens is 250 g/mol. The van der Waals surface area contributed by atoms with Gasteiger partial charge in [-0.05, 0) is 24.6 Å². The zero-order valence-corrected chi connectivity index (χ0v) is 11.2. The lowest BCUT2D eigenvalue weighted by molar-refractivity contribution is -0.137. The normalized spacial score (nSPS) is 17.6. The summed E-state index contributed by atoms with van der Waals surface area (Å²) < 4.78 is 10.5. The van der Waals surface area contributed by atoms with Crippen molar-refractivity contribution in [3.63, 3.8) is 0 Å². The molecule has 2 rings (SSSR count). The Labute approximate surface area is 112 Å². The van der Waals surface area contributed by atoms with Crippen LogP contribution in [0.15, 0.2) is 24.3 Å². The van der Waals surface area contributed by atoms with Gasteiger partial charge in [0.15, 0.2) is 0 Å². The second kappa shape index (κ2) is 5.48. The third-order valence-electron chi connectivity index (χ3n) is 2.69. The summed E-state index contributed by atoms with van der Waals surface area (Å²) >= 11 is 6.11. The van der Waals surface area contributed by atoms with Crippen LogP contribution in [0, 0.1) is 0 Å². The van der Waals surface area contributed by atoms with Crippen LogP contribution in [0.3, 0.4) is 0 Å². The number of benzene rings is 1. The second-order valence-electron chi connectivity index (χ2n) is 4.21. The first-order chi connectivity index (χ1) is 8.60. The monoisotopic (exact) mass is 264 g/mol. The number of hydrogen-bond donors (Lipinski definition) is 0. The largest absolute Gasteiger partial charge is 0.484 e. The number of carbonyl (C=O) groups is 1. The second-order valence-corrected chi connectivity index (χ2v) is 4.61. The fourth-order valence-electron chi connectivity index (χ4n) is 1.98. The summed E-state index contributed by atoms with van der Waals surface area (Å²) in [5.41, 5.74) is 2.19. The van der Waals surface area contributed by atoms with Crippen molar-refractivity contribution >= 4 is 30.9 Å². The van der Waals surface area contributed by atoms with E-state index in [9.17, 15) is 4.79 Å². The number of rotatable bonds is 3. The molecule has 0 radical (unpaired) electrons. The first kappa shape index (κ1) is 13.0. The molecule has 0 bridgehead atoms. The molecule has 0 fully saturated rings. The molecule has 0 aliphatic carbocycles. The van der Waals surface area contributed by atoms with Gasteiger partial charge in [0.1, 0.15) is 19.7 Å².